The van der Waals surface area contributed by atoms with Gasteiger partial charge in [-0.2, -0.15) is 0 Å². The minimum atomic E-state index is -0.859. The van der Waals surface area contributed by atoms with Crippen LogP contribution < -0.4 is 16.2 Å². The van der Waals surface area contributed by atoms with E-state index in [1.54, 1.807) is 44.4 Å². The maximum Gasteiger partial charge on any atom is 0.335 e. The van der Waals surface area contributed by atoms with E-state index in [1.807, 2.05) is 26.0 Å². The number of carbonyl (C=O) groups is 2. The average Bonchev–Trinajstić information content (AvgIpc) is 3.11. The van der Waals surface area contributed by atoms with Crippen molar-refractivity contribution in [1.29, 1.82) is 0 Å². The SMILES string of the molecule is CCOC(=O)Cn1c(=O)n(-c2ccc(C)c(C)c2)c2nc(-c3ccc(OC)cc3)nc(C(N)=O)c21. The van der Waals surface area contributed by atoms with Crippen LogP contribution in [0.2, 0.25) is 0 Å². The molecule has 0 radical (unpaired) electrons. The minimum Gasteiger partial charge on any atom is -0.497 e. The fourth-order valence-electron chi connectivity index (χ4n) is 3.78. The van der Waals surface area contributed by atoms with E-state index in [2.05, 4.69) is 9.97 Å². The summed E-state index contributed by atoms with van der Waals surface area (Å²) < 4.78 is 12.7. The number of hydrogen-bond donors (Lipinski definition) is 1. The van der Waals surface area contributed by atoms with Crippen LogP contribution in [-0.2, 0) is 16.1 Å². The summed E-state index contributed by atoms with van der Waals surface area (Å²) >= 11 is 0. The first-order chi connectivity index (χ1) is 16.7. The Bertz CT molecular complexity index is 1500. The maximum atomic E-state index is 13.6. The number of aryl methyl sites for hydroxylation is 2. The first kappa shape index (κ1) is 23.7. The molecule has 0 saturated heterocycles. The Morgan fingerprint density at radius 2 is 1.74 bits per heavy atom. The van der Waals surface area contributed by atoms with Gasteiger partial charge in [0.25, 0.3) is 5.91 Å². The Morgan fingerprint density at radius 3 is 2.34 bits per heavy atom. The Labute approximate surface area is 200 Å². The Morgan fingerprint density at radius 1 is 1.03 bits per heavy atom. The number of methoxy groups -OCH3 is 1. The van der Waals surface area contributed by atoms with Crippen molar-refractivity contribution in [2.45, 2.75) is 27.3 Å². The molecule has 0 atom stereocenters. The second-order valence-electron chi connectivity index (χ2n) is 7.94. The summed E-state index contributed by atoms with van der Waals surface area (Å²) in [5, 5.41) is 0. The maximum absolute atomic E-state index is 13.6. The summed E-state index contributed by atoms with van der Waals surface area (Å²) in [6, 6.07) is 12.4. The molecule has 180 valence electrons. The number of primary amides is 1. The van der Waals surface area contributed by atoms with Gasteiger partial charge >= 0.3 is 11.7 Å². The Kier molecular flexibility index (Phi) is 6.37. The van der Waals surface area contributed by atoms with E-state index in [-0.39, 0.29) is 29.3 Å². The fourth-order valence-corrected chi connectivity index (χ4v) is 3.78. The molecular formula is C25H25N5O5. The zero-order valence-electron chi connectivity index (χ0n) is 19.9. The highest BCUT2D eigenvalue weighted by atomic mass is 16.5. The zero-order chi connectivity index (χ0) is 25.3. The number of esters is 1. The van der Waals surface area contributed by atoms with Gasteiger partial charge in [0.15, 0.2) is 17.2 Å². The van der Waals surface area contributed by atoms with Crippen LogP contribution in [0.5, 0.6) is 5.75 Å². The number of benzene rings is 2. The van der Waals surface area contributed by atoms with Crippen LogP contribution in [0.1, 0.15) is 28.5 Å². The normalized spacial score (nSPS) is 11.0. The number of imidazole rings is 1. The van der Waals surface area contributed by atoms with E-state index in [4.69, 9.17) is 15.2 Å². The number of aromatic nitrogens is 4. The van der Waals surface area contributed by atoms with Gasteiger partial charge in [0.1, 0.15) is 17.8 Å². The molecule has 2 heterocycles. The van der Waals surface area contributed by atoms with Gasteiger partial charge in [-0.1, -0.05) is 6.07 Å². The van der Waals surface area contributed by atoms with E-state index < -0.39 is 24.1 Å². The van der Waals surface area contributed by atoms with Crippen molar-refractivity contribution in [1.82, 2.24) is 19.1 Å². The second-order valence-corrected chi connectivity index (χ2v) is 7.94. The highest BCUT2D eigenvalue weighted by Crippen LogP contribution is 2.25. The summed E-state index contributed by atoms with van der Waals surface area (Å²) in [5.74, 6) is -0.664. The summed E-state index contributed by atoms with van der Waals surface area (Å²) in [6.45, 7) is 5.27. The first-order valence-corrected chi connectivity index (χ1v) is 11.0. The molecule has 0 saturated carbocycles. The second kappa shape index (κ2) is 9.41. The molecule has 4 rings (SSSR count). The number of rotatable bonds is 7. The van der Waals surface area contributed by atoms with Gasteiger partial charge in [-0.25, -0.2) is 19.3 Å². The van der Waals surface area contributed by atoms with Gasteiger partial charge in [-0.3, -0.25) is 14.2 Å². The molecule has 0 aliphatic rings. The van der Waals surface area contributed by atoms with Crippen LogP contribution in [0.15, 0.2) is 47.3 Å². The van der Waals surface area contributed by atoms with Crippen LogP contribution in [0.25, 0.3) is 28.2 Å². The summed E-state index contributed by atoms with van der Waals surface area (Å²) in [7, 11) is 1.55. The quantitative estimate of drug-likeness (QED) is 0.406. The summed E-state index contributed by atoms with van der Waals surface area (Å²) in [4.78, 5) is 47.4. The first-order valence-electron chi connectivity index (χ1n) is 11.0. The van der Waals surface area contributed by atoms with Gasteiger partial charge in [0.05, 0.1) is 19.4 Å². The number of ether oxygens (including phenoxy) is 2. The van der Waals surface area contributed by atoms with Crippen molar-refractivity contribution in [3.05, 3.63) is 69.8 Å². The fraction of sp³-hybridized carbons (Fsp3) is 0.240. The van der Waals surface area contributed by atoms with E-state index >= 15 is 0 Å². The molecule has 10 nitrogen and oxygen atoms in total. The number of amides is 1. The number of hydrogen-bond acceptors (Lipinski definition) is 7. The summed E-state index contributed by atoms with van der Waals surface area (Å²) in [5.41, 5.74) is 8.27. The molecule has 0 fully saturated rings. The smallest absolute Gasteiger partial charge is 0.335 e. The van der Waals surface area contributed by atoms with Gasteiger partial charge < -0.3 is 15.2 Å². The van der Waals surface area contributed by atoms with Crippen LogP contribution in [0.4, 0.5) is 0 Å². The van der Waals surface area contributed by atoms with E-state index in [1.165, 1.54) is 4.57 Å². The molecule has 1 amide bonds. The number of nitrogens with two attached hydrogens (primary N) is 1. The van der Waals surface area contributed by atoms with Crippen molar-refractivity contribution in [3.8, 4) is 22.8 Å². The van der Waals surface area contributed by atoms with E-state index in [0.29, 0.717) is 17.0 Å². The molecular weight excluding hydrogens is 450 g/mol. The molecule has 0 aliphatic heterocycles. The lowest BCUT2D eigenvalue weighted by Crippen LogP contribution is -2.28. The topological polar surface area (TPSA) is 131 Å². The molecule has 0 aliphatic carbocycles. The minimum absolute atomic E-state index is 0.0612. The van der Waals surface area contributed by atoms with Gasteiger partial charge in [0, 0.05) is 5.56 Å². The molecule has 4 aromatic rings. The molecule has 0 unspecified atom stereocenters. The van der Waals surface area contributed by atoms with Gasteiger partial charge in [-0.05, 0) is 68.3 Å². The molecule has 2 N–H and O–H groups in total. The van der Waals surface area contributed by atoms with E-state index in [0.717, 1.165) is 15.7 Å². The average molecular weight is 476 g/mol. The highest BCUT2D eigenvalue weighted by molar-refractivity contribution is 6.02. The predicted octanol–water partition coefficient (Wildman–Crippen LogP) is 2.54. The summed E-state index contributed by atoms with van der Waals surface area (Å²) in [6.07, 6.45) is 0. The third kappa shape index (κ3) is 4.37. The highest BCUT2D eigenvalue weighted by Gasteiger charge is 2.26. The molecule has 35 heavy (non-hydrogen) atoms. The lowest BCUT2D eigenvalue weighted by Gasteiger charge is -2.09. The third-order valence-electron chi connectivity index (χ3n) is 5.69. The molecule has 2 aromatic carbocycles. The molecule has 0 bridgehead atoms. The largest absolute Gasteiger partial charge is 0.497 e. The molecule has 10 heteroatoms. The van der Waals surface area contributed by atoms with Crippen molar-refractivity contribution < 1.29 is 19.1 Å². The van der Waals surface area contributed by atoms with Crippen LogP contribution in [-0.4, -0.2) is 44.7 Å². The van der Waals surface area contributed by atoms with Gasteiger partial charge in [-0.15, -0.1) is 0 Å². The third-order valence-corrected chi connectivity index (χ3v) is 5.69. The van der Waals surface area contributed by atoms with Crippen molar-refractivity contribution in [2.24, 2.45) is 5.73 Å². The monoisotopic (exact) mass is 475 g/mol. The van der Waals surface area contributed by atoms with Crippen LogP contribution in [0, 0.1) is 13.8 Å². The van der Waals surface area contributed by atoms with E-state index in [9.17, 15) is 14.4 Å². The number of nitrogens with zero attached hydrogens (tertiary/aromatic N) is 4. The van der Waals surface area contributed by atoms with Crippen LogP contribution >= 0.6 is 0 Å². The lowest BCUT2D eigenvalue weighted by molar-refractivity contribution is -0.143. The van der Waals surface area contributed by atoms with Crippen molar-refractivity contribution >= 4 is 23.0 Å². The standard InChI is InChI=1S/C25H25N5O5/c1-5-35-19(31)13-29-21-20(22(26)32)27-23(16-7-10-18(34-4)11-8-16)28-24(21)30(25(29)33)17-9-6-14(2)15(3)12-17/h6-12H,5,13H2,1-4H3,(H2,26,32). The van der Waals surface area contributed by atoms with Crippen LogP contribution in [0.3, 0.4) is 0 Å². The van der Waals surface area contributed by atoms with Crippen molar-refractivity contribution in [3.63, 3.8) is 0 Å². The zero-order valence-corrected chi connectivity index (χ0v) is 19.9. The van der Waals surface area contributed by atoms with Crippen molar-refractivity contribution in [2.75, 3.05) is 13.7 Å². The number of fused-ring (bicyclic) bond motifs is 1. The molecule has 0 spiro atoms. The Hall–Kier alpha value is -4.47. The molecule has 2 aromatic heterocycles. The lowest BCUT2D eigenvalue weighted by atomic mass is 10.1. The van der Waals surface area contributed by atoms with Gasteiger partial charge in [0.2, 0.25) is 0 Å². The Balaban J connectivity index is 2.07. The number of carbonyl (C=O) groups excluding carboxylic acids is 2. The predicted molar refractivity (Wildman–Crippen MR) is 130 cm³/mol.